The van der Waals surface area contributed by atoms with Gasteiger partial charge in [-0.25, -0.2) is 9.59 Å². The third-order valence-corrected chi connectivity index (χ3v) is 3.22. The monoisotopic (exact) mass is 324 g/mol. The van der Waals surface area contributed by atoms with E-state index >= 15 is 0 Å². The molecule has 114 valence electrons. The number of H-pyrrole nitrogens is 1. The van der Waals surface area contributed by atoms with Crippen molar-refractivity contribution in [3.8, 4) is 16.9 Å². The summed E-state index contributed by atoms with van der Waals surface area (Å²) in [4.78, 5) is 36.5. The second-order valence-electron chi connectivity index (χ2n) is 4.27. The van der Waals surface area contributed by atoms with E-state index in [2.05, 4.69) is 0 Å². The number of carboxylic acid groups (broad SMARTS) is 2. The summed E-state index contributed by atoms with van der Waals surface area (Å²) in [6.45, 7) is 0. The molecule has 0 bridgehead atoms. The number of phenols is 1. The van der Waals surface area contributed by atoms with Crippen molar-refractivity contribution in [3.63, 3.8) is 0 Å². The lowest BCUT2D eigenvalue weighted by molar-refractivity contribution is 0.0695. The van der Waals surface area contributed by atoms with Crippen LogP contribution < -0.4 is 11.3 Å². The summed E-state index contributed by atoms with van der Waals surface area (Å²) in [5.74, 6) is -4.01. The Morgan fingerprint density at radius 3 is 2.27 bits per heavy atom. The maximum Gasteiger partial charge on any atom is 0.342 e. The van der Waals surface area contributed by atoms with Gasteiger partial charge in [-0.15, -0.1) is 0 Å². The number of benzene rings is 1. The fourth-order valence-corrected chi connectivity index (χ4v) is 2.23. The number of aromatic hydroxyl groups is 1. The maximum atomic E-state index is 11.8. The van der Waals surface area contributed by atoms with E-state index in [1.807, 2.05) is 4.98 Å². The van der Waals surface area contributed by atoms with Gasteiger partial charge in [0.1, 0.15) is 22.7 Å². The molecule has 0 amide bonds. The lowest BCUT2D eigenvalue weighted by Crippen LogP contribution is -2.24. The van der Waals surface area contributed by atoms with Gasteiger partial charge in [0.25, 0.3) is 5.56 Å². The van der Waals surface area contributed by atoms with Crippen LogP contribution in [-0.2, 0) is 0 Å². The lowest BCUT2D eigenvalue weighted by Gasteiger charge is -2.13. The number of carboxylic acids is 2. The maximum absolute atomic E-state index is 11.8. The van der Waals surface area contributed by atoms with Crippen LogP contribution in [-0.4, -0.2) is 32.2 Å². The van der Waals surface area contributed by atoms with Crippen molar-refractivity contribution in [2.75, 3.05) is 5.73 Å². The summed E-state index contributed by atoms with van der Waals surface area (Å²) < 4.78 is 0. The highest BCUT2D eigenvalue weighted by Crippen LogP contribution is 2.36. The number of carbonyl (C=O) groups is 2. The molecule has 0 aliphatic rings. The molecule has 1 aromatic carbocycles. The van der Waals surface area contributed by atoms with Gasteiger partial charge in [0.2, 0.25) is 0 Å². The van der Waals surface area contributed by atoms with Crippen molar-refractivity contribution in [3.05, 3.63) is 44.7 Å². The number of rotatable bonds is 3. The van der Waals surface area contributed by atoms with Gasteiger partial charge in [-0.05, 0) is 18.2 Å². The van der Waals surface area contributed by atoms with Crippen molar-refractivity contribution < 1.29 is 24.9 Å². The van der Waals surface area contributed by atoms with Gasteiger partial charge < -0.3 is 26.0 Å². The number of nitrogens with two attached hydrogens (primary N) is 1. The average Bonchev–Trinajstić information content (AvgIpc) is 2.39. The van der Waals surface area contributed by atoms with Gasteiger partial charge in [-0.2, -0.15) is 0 Å². The van der Waals surface area contributed by atoms with Gasteiger partial charge in [0.05, 0.1) is 0 Å². The number of aromatic amines is 1. The zero-order chi connectivity index (χ0) is 16.6. The number of pyridine rings is 1. The van der Waals surface area contributed by atoms with Crippen molar-refractivity contribution in [2.45, 2.75) is 0 Å². The molecule has 0 unspecified atom stereocenters. The van der Waals surface area contributed by atoms with E-state index in [9.17, 15) is 29.7 Å². The van der Waals surface area contributed by atoms with E-state index in [4.69, 9.17) is 17.3 Å². The lowest BCUT2D eigenvalue weighted by atomic mass is 9.95. The van der Waals surface area contributed by atoms with Gasteiger partial charge in [-0.1, -0.05) is 11.6 Å². The summed E-state index contributed by atoms with van der Waals surface area (Å²) >= 11 is 5.94. The molecule has 0 fully saturated rings. The summed E-state index contributed by atoms with van der Waals surface area (Å²) in [5.41, 5.74) is 2.35. The van der Waals surface area contributed by atoms with Gasteiger partial charge in [-0.3, -0.25) is 4.79 Å². The van der Waals surface area contributed by atoms with E-state index in [-0.39, 0.29) is 16.3 Å². The molecule has 6 N–H and O–H groups in total. The van der Waals surface area contributed by atoms with Crippen molar-refractivity contribution in [1.29, 1.82) is 0 Å². The van der Waals surface area contributed by atoms with Gasteiger partial charge >= 0.3 is 11.9 Å². The van der Waals surface area contributed by atoms with Crippen molar-refractivity contribution in [1.82, 2.24) is 4.98 Å². The van der Waals surface area contributed by atoms with Crippen LogP contribution >= 0.6 is 11.6 Å². The first-order valence-electron chi connectivity index (χ1n) is 5.75. The largest absolute Gasteiger partial charge is 0.508 e. The molecule has 0 aliphatic carbocycles. The van der Waals surface area contributed by atoms with Crippen LogP contribution in [0, 0.1) is 0 Å². The Kier molecular flexibility index (Phi) is 3.79. The second kappa shape index (κ2) is 5.41. The molecule has 0 saturated carbocycles. The van der Waals surface area contributed by atoms with Crippen LogP contribution in [0.3, 0.4) is 0 Å². The smallest absolute Gasteiger partial charge is 0.342 e. The number of anilines is 1. The molecule has 8 nitrogen and oxygen atoms in total. The summed E-state index contributed by atoms with van der Waals surface area (Å²) in [5, 5.41) is 27.9. The first-order valence-corrected chi connectivity index (χ1v) is 6.13. The number of aromatic nitrogens is 1. The Hall–Kier alpha value is -3.00. The first kappa shape index (κ1) is 15.4. The summed E-state index contributed by atoms with van der Waals surface area (Å²) in [6.07, 6.45) is 0. The fraction of sp³-hybridized carbons (Fsp3) is 0. The molecule has 2 rings (SSSR count). The number of nitrogens with one attached hydrogen (secondary N) is 1. The van der Waals surface area contributed by atoms with Crippen LogP contribution in [0.4, 0.5) is 5.82 Å². The Bertz CT molecular complexity index is 858. The molecule has 0 saturated heterocycles. The van der Waals surface area contributed by atoms with E-state index in [1.165, 1.54) is 12.1 Å². The van der Waals surface area contributed by atoms with Crippen LogP contribution in [0.25, 0.3) is 11.1 Å². The van der Waals surface area contributed by atoms with Crippen LogP contribution in [0.15, 0.2) is 23.0 Å². The third kappa shape index (κ3) is 2.47. The molecule has 0 atom stereocenters. The van der Waals surface area contributed by atoms with E-state index in [0.29, 0.717) is 0 Å². The molecule has 0 radical (unpaired) electrons. The summed E-state index contributed by atoms with van der Waals surface area (Å²) in [7, 11) is 0. The molecule has 0 aliphatic heterocycles. The minimum atomic E-state index is -1.65. The van der Waals surface area contributed by atoms with E-state index in [1.54, 1.807) is 0 Å². The average molecular weight is 325 g/mol. The predicted octanol–water partition coefficient (Wildman–Crippen LogP) is 1.38. The summed E-state index contributed by atoms with van der Waals surface area (Å²) in [6, 6.07) is 3.51. The fourth-order valence-electron chi connectivity index (χ4n) is 2.02. The van der Waals surface area contributed by atoms with E-state index in [0.717, 1.165) is 6.07 Å². The standard InChI is InChI=1S/C13H9ClN2O6/c14-6-2-1-4(17)3-5(6)7-8(12(19)20)10(15)16-11(18)9(7)13(21)22/h1-3,17H,(H,19,20)(H,21,22)(H3,15,16,18). The highest BCUT2D eigenvalue weighted by molar-refractivity contribution is 6.34. The highest BCUT2D eigenvalue weighted by atomic mass is 35.5. The number of hydrogen-bond acceptors (Lipinski definition) is 5. The number of nitrogen functional groups attached to an aromatic ring is 1. The Morgan fingerprint density at radius 1 is 1.14 bits per heavy atom. The molecule has 22 heavy (non-hydrogen) atoms. The van der Waals surface area contributed by atoms with Crippen molar-refractivity contribution >= 4 is 29.4 Å². The Morgan fingerprint density at radius 2 is 1.73 bits per heavy atom. The number of halogens is 1. The van der Waals surface area contributed by atoms with Crippen molar-refractivity contribution in [2.24, 2.45) is 0 Å². The zero-order valence-corrected chi connectivity index (χ0v) is 11.5. The second-order valence-corrected chi connectivity index (χ2v) is 4.67. The topological polar surface area (TPSA) is 154 Å². The van der Waals surface area contributed by atoms with Gasteiger partial charge in [0.15, 0.2) is 0 Å². The van der Waals surface area contributed by atoms with E-state index < -0.39 is 40.0 Å². The quantitative estimate of drug-likeness (QED) is 0.571. The minimum Gasteiger partial charge on any atom is -0.508 e. The van der Waals surface area contributed by atoms with Crippen LogP contribution in [0.1, 0.15) is 20.7 Å². The highest BCUT2D eigenvalue weighted by Gasteiger charge is 2.27. The normalized spacial score (nSPS) is 10.4. The number of hydrogen-bond donors (Lipinski definition) is 5. The SMILES string of the molecule is Nc1[nH]c(=O)c(C(=O)O)c(-c2cc(O)ccc2Cl)c1C(=O)O. The van der Waals surface area contributed by atoms with Gasteiger partial charge in [0, 0.05) is 16.1 Å². The molecule has 0 spiro atoms. The molecular formula is C13H9ClN2O6. The molecule has 1 aromatic heterocycles. The Labute approximate surface area is 127 Å². The Balaban J connectivity index is 3.06. The minimum absolute atomic E-state index is 0.0483. The van der Waals surface area contributed by atoms with Crippen LogP contribution in [0.5, 0.6) is 5.75 Å². The molecule has 2 aromatic rings. The molecule has 9 heteroatoms. The predicted molar refractivity (Wildman–Crippen MR) is 77.5 cm³/mol. The first-order chi connectivity index (χ1) is 10.2. The number of phenolic OH excluding ortho intramolecular Hbond substituents is 1. The number of aromatic carboxylic acids is 2. The van der Waals surface area contributed by atoms with Crippen LogP contribution in [0.2, 0.25) is 5.02 Å². The third-order valence-electron chi connectivity index (χ3n) is 2.89. The molecule has 1 heterocycles. The molecular weight excluding hydrogens is 316 g/mol. The zero-order valence-electron chi connectivity index (χ0n) is 10.8.